The summed E-state index contributed by atoms with van der Waals surface area (Å²) in [5.74, 6) is 0.371. The summed E-state index contributed by atoms with van der Waals surface area (Å²) in [7, 11) is 0. The van der Waals surface area contributed by atoms with Gasteiger partial charge in [0, 0.05) is 32.4 Å². The molecule has 1 aliphatic heterocycles. The van der Waals surface area contributed by atoms with Crippen LogP contribution in [0.1, 0.15) is 0 Å². The van der Waals surface area contributed by atoms with Crippen LogP contribution in [-0.4, -0.2) is 59.8 Å². The smallest absolute Gasteiger partial charge is 0.239 e. The van der Waals surface area contributed by atoms with Gasteiger partial charge in [0.2, 0.25) is 12.3 Å². The van der Waals surface area contributed by atoms with Crippen LogP contribution in [0.25, 0.3) is 0 Å². The molecule has 0 spiro atoms. The average Bonchev–Trinajstić information content (AvgIpc) is 2.42. The number of carbonyl (C=O) groups is 2. The van der Waals surface area contributed by atoms with Crippen LogP contribution in [0.4, 0.5) is 5.82 Å². The molecule has 19 heavy (non-hydrogen) atoms. The van der Waals surface area contributed by atoms with Crippen molar-refractivity contribution >= 4 is 29.7 Å². The fourth-order valence-corrected chi connectivity index (χ4v) is 1.97. The number of halogens is 1. The normalized spacial score (nSPS) is 16.2. The van der Waals surface area contributed by atoms with Crippen molar-refractivity contribution in [3.8, 4) is 0 Å². The maximum Gasteiger partial charge on any atom is 0.239 e. The fraction of sp³-hybridized carbons (Fsp3) is 0.417. The van der Waals surface area contributed by atoms with E-state index in [1.807, 2.05) is 4.90 Å². The van der Waals surface area contributed by atoms with E-state index in [0.29, 0.717) is 43.6 Å². The van der Waals surface area contributed by atoms with Crippen molar-refractivity contribution in [2.75, 3.05) is 38.0 Å². The lowest BCUT2D eigenvalue weighted by atomic mass is 10.3. The molecule has 0 radical (unpaired) electrons. The van der Waals surface area contributed by atoms with Crippen LogP contribution >= 0.6 is 11.6 Å². The largest absolute Gasteiger partial charge is 0.343 e. The van der Waals surface area contributed by atoms with Gasteiger partial charge in [-0.15, -0.1) is 0 Å². The first-order valence-corrected chi connectivity index (χ1v) is 6.38. The average molecular weight is 283 g/mol. The molecule has 2 heterocycles. The van der Waals surface area contributed by atoms with Gasteiger partial charge in [0.05, 0.1) is 11.6 Å². The number of hydrogen-bond acceptors (Lipinski definition) is 4. The minimum atomic E-state index is -0.116. The topological polar surface area (TPSA) is 65.5 Å². The van der Waals surface area contributed by atoms with Crippen molar-refractivity contribution < 1.29 is 9.59 Å². The van der Waals surface area contributed by atoms with Crippen LogP contribution in [0, 0.1) is 0 Å². The van der Waals surface area contributed by atoms with Crippen LogP contribution in [-0.2, 0) is 9.59 Å². The molecule has 102 valence electrons. The maximum atomic E-state index is 11.8. The van der Waals surface area contributed by atoms with E-state index in [1.165, 1.54) is 6.20 Å². The van der Waals surface area contributed by atoms with Gasteiger partial charge in [-0.05, 0) is 12.1 Å². The Morgan fingerprint density at radius 2 is 2.11 bits per heavy atom. The maximum absolute atomic E-state index is 11.8. The van der Waals surface area contributed by atoms with Crippen LogP contribution in [0.3, 0.4) is 0 Å². The summed E-state index contributed by atoms with van der Waals surface area (Å²) in [6.45, 7) is 3.05. The summed E-state index contributed by atoms with van der Waals surface area (Å²) in [6.07, 6.45) is 2.33. The number of pyridine rings is 1. The van der Waals surface area contributed by atoms with Crippen LogP contribution in [0.15, 0.2) is 18.3 Å². The van der Waals surface area contributed by atoms with Gasteiger partial charge in [-0.2, -0.15) is 0 Å². The lowest BCUT2D eigenvalue weighted by Crippen LogP contribution is -2.48. The van der Waals surface area contributed by atoms with Crippen molar-refractivity contribution in [2.24, 2.45) is 0 Å². The Morgan fingerprint density at radius 3 is 2.68 bits per heavy atom. The van der Waals surface area contributed by atoms with E-state index in [4.69, 9.17) is 11.6 Å². The molecule has 0 aliphatic carbocycles. The number of amides is 2. The third kappa shape index (κ3) is 4.18. The first-order valence-electron chi connectivity index (χ1n) is 6.00. The van der Waals surface area contributed by atoms with Crippen LogP contribution in [0.5, 0.6) is 0 Å². The molecule has 1 aromatic rings. The van der Waals surface area contributed by atoms with Crippen molar-refractivity contribution in [3.05, 3.63) is 23.4 Å². The standard InChI is InChI=1S/C12H15ClN4O2/c13-10-1-2-11(14-7-10)15-12(19)8-16-3-5-17(9-18)6-4-16/h1-2,7,9H,3-6,8H2,(H,14,15,19). The molecule has 0 saturated carbocycles. The minimum absolute atomic E-state index is 0.116. The summed E-state index contributed by atoms with van der Waals surface area (Å²) in [5.41, 5.74) is 0. The molecule has 0 unspecified atom stereocenters. The summed E-state index contributed by atoms with van der Waals surface area (Å²) in [4.78, 5) is 30.1. The Kier molecular flexibility index (Phi) is 4.70. The van der Waals surface area contributed by atoms with Crippen molar-refractivity contribution in [2.45, 2.75) is 0 Å². The number of rotatable bonds is 4. The molecular formula is C12H15ClN4O2. The molecule has 1 N–H and O–H groups in total. The predicted molar refractivity (Wildman–Crippen MR) is 72.0 cm³/mol. The van der Waals surface area contributed by atoms with E-state index < -0.39 is 0 Å². The highest BCUT2D eigenvalue weighted by Crippen LogP contribution is 2.09. The lowest BCUT2D eigenvalue weighted by molar-refractivity contribution is -0.120. The highest BCUT2D eigenvalue weighted by Gasteiger charge is 2.17. The Labute approximate surface area is 116 Å². The van der Waals surface area contributed by atoms with Gasteiger partial charge < -0.3 is 10.2 Å². The highest BCUT2D eigenvalue weighted by molar-refractivity contribution is 6.30. The predicted octanol–water partition coefficient (Wildman–Crippen LogP) is 0.447. The Hall–Kier alpha value is -1.66. The van der Waals surface area contributed by atoms with Crippen molar-refractivity contribution in [1.29, 1.82) is 0 Å². The molecule has 1 aliphatic rings. The van der Waals surface area contributed by atoms with Crippen LogP contribution < -0.4 is 5.32 Å². The molecule has 2 amide bonds. The molecule has 0 bridgehead atoms. The first-order chi connectivity index (χ1) is 9.17. The second-order valence-electron chi connectivity index (χ2n) is 4.33. The molecular weight excluding hydrogens is 268 g/mol. The van der Waals surface area contributed by atoms with Gasteiger partial charge >= 0.3 is 0 Å². The number of aromatic nitrogens is 1. The number of hydrogen-bond donors (Lipinski definition) is 1. The zero-order valence-corrected chi connectivity index (χ0v) is 11.1. The second-order valence-corrected chi connectivity index (χ2v) is 4.76. The highest BCUT2D eigenvalue weighted by atomic mass is 35.5. The monoisotopic (exact) mass is 282 g/mol. The molecule has 1 saturated heterocycles. The quantitative estimate of drug-likeness (QED) is 0.814. The Bertz CT molecular complexity index is 444. The number of piperazine rings is 1. The molecule has 1 aromatic heterocycles. The molecule has 1 fully saturated rings. The summed E-state index contributed by atoms with van der Waals surface area (Å²) < 4.78 is 0. The number of nitrogens with one attached hydrogen (secondary N) is 1. The third-order valence-electron chi connectivity index (χ3n) is 2.92. The first kappa shape index (κ1) is 13.8. The Morgan fingerprint density at radius 1 is 1.37 bits per heavy atom. The van der Waals surface area contributed by atoms with E-state index in [9.17, 15) is 9.59 Å². The lowest BCUT2D eigenvalue weighted by Gasteiger charge is -2.31. The van der Waals surface area contributed by atoms with Gasteiger partial charge in [0.25, 0.3) is 0 Å². The van der Waals surface area contributed by atoms with E-state index in [2.05, 4.69) is 10.3 Å². The van der Waals surface area contributed by atoms with Crippen molar-refractivity contribution in [3.63, 3.8) is 0 Å². The summed E-state index contributed by atoms with van der Waals surface area (Å²) in [6, 6.07) is 3.33. The van der Waals surface area contributed by atoms with E-state index in [1.54, 1.807) is 17.0 Å². The molecule has 2 rings (SSSR count). The van der Waals surface area contributed by atoms with Gasteiger partial charge in [-0.25, -0.2) is 4.98 Å². The zero-order valence-electron chi connectivity index (χ0n) is 10.4. The minimum Gasteiger partial charge on any atom is -0.343 e. The summed E-state index contributed by atoms with van der Waals surface area (Å²) in [5, 5.41) is 3.24. The number of anilines is 1. The van der Waals surface area contributed by atoms with Gasteiger partial charge in [-0.3, -0.25) is 14.5 Å². The van der Waals surface area contributed by atoms with Crippen LogP contribution in [0.2, 0.25) is 5.02 Å². The molecule has 6 nitrogen and oxygen atoms in total. The Balaban J connectivity index is 1.78. The molecule has 0 aromatic carbocycles. The SMILES string of the molecule is O=CN1CCN(CC(=O)Nc2ccc(Cl)cn2)CC1. The second kappa shape index (κ2) is 6.49. The van der Waals surface area contributed by atoms with Gasteiger partial charge in [0.15, 0.2) is 0 Å². The zero-order chi connectivity index (χ0) is 13.7. The van der Waals surface area contributed by atoms with Crippen molar-refractivity contribution in [1.82, 2.24) is 14.8 Å². The van der Waals surface area contributed by atoms with E-state index in [-0.39, 0.29) is 5.91 Å². The van der Waals surface area contributed by atoms with E-state index >= 15 is 0 Å². The number of nitrogens with zero attached hydrogens (tertiary/aromatic N) is 3. The third-order valence-corrected chi connectivity index (χ3v) is 3.14. The molecule has 7 heteroatoms. The van der Waals surface area contributed by atoms with Gasteiger partial charge in [-0.1, -0.05) is 11.6 Å². The van der Waals surface area contributed by atoms with E-state index in [0.717, 1.165) is 6.41 Å². The molecule has 0 atom stereocenters. The number of carbonyl (C=O) groups excluding carboxylic acids is 2. The van der Waals surface area contributed by atoms with Gasteiger partial charge in [0.1, 0.15) is 5.82 Å². The summed E-state index contributed by atoms with van der Waals surface area (Å²) >= 11 is 5.71. The fourth-order valence-electron chi connectivity index (χ4n) is 1.86.